The first-order valence-corrected chi connectivity index (χ1v) is 14.9. The number of rotatable bonds is 14. The highest BCUT2D eigenvalue weighted by atomic mass is 19.4. The van der Waals surface area contributed by atoms with E-state index in [2.05, 4.69) is 15.0 Å². The van der Waals surface area contributed by atoms with Gasteiger partial charge in [-0.1, -0.05) is 54.6 Å². The van der Waals surface area contributed by atoms with Gasteiger partial charge in [-0.3, -0.25) is 19.9 Å². The van der Waals surface area contributed by atoms with Gasteiger partial charge in [0.1, 0.15) is 24.0 Å². The number of aliphatic imine (C=N–C) groups is 1. The number of ether oxygens (including phenoxy) is 3. The maximum absolute atomic E-state index is 14.1. The summed E-state index contributed by atoms with van der Waals surface area (Å²) in [6, 6.07) is 21.0. The first-order chi connectivity index (χ1) is 22.9. The van der Waals surface area contributed by atoms with Gasteiger partial charge >= 0.3 is 18.1 Å². The Labute approximate surface area is 274 Å². The van der Waals surface area contributed by atoms with E-state index in [9.17, 15) is 38.0 Å². The van der Waals surface area contributed by atoms with Crippen molar-refractivity contribution < 1.29 is 47.0 Å². The zero-order valence-corrected chi connectivity index (χ0v) is 26.1. The quantitative estimate of drug-likeness (QED) is 0.102. The van der Waals surface area contributed by atoms with Crippen LogP contribution in [0.5, 0.6) is 5.75 Å². The first kappa shape index (κ1) is 35.8. The van der Waals surface area contributed by atoms with Crippen molar-refractivity contribution in [3.8, 4) is 5.75 Å². The lowest BCUT2D eigenvalue weighted by Crippen LogP contribution is -2.43. The van der Waals surface area contributed by atoms with Gasteiger partial charge in [-0.2, -0.15) is 13.2 Å². The Bertz CT molecular complexity index is 1660. The van der Waals surface area contributed by atoms with Crippen molar-refractivity contribution in [1.29, 1.82) is 0 Å². The fraction of sp³-hybridized carbons (Fsp3) is 0.324. The third-order valence-corrected chi connectivity index (χ3v) is 7.64. The van der Waals surface area contributed by atoms with Crippen molar-refractivity contribution >= 4 is 23.3 Å². The van der Waals surface area contributed by atoms with Crippen LogP contribution in [0, 0.1) is 16.0 Å². The number of methoxy groups -OCH3 is 1. The number of nitrogens with one attached hydrogen (secondary N) is 1. The number of nitrogens with zero attached hydrogens (tertiary/aromatic N) is 2. The summed E-state index contributed by atoms with van der Waals surface area (Å²) in [5.41, 5.74) is -1.10. The SMILES string of the molecule is COC(=O)C1C(C(F)(F)F)=NC(C)=C(C(=O)OCCc2ccc(OCCNCC(O)c3ccccc3)cc2)C1c1cccc([N+](=O)[O-])c1. The summed E-state index contributed by atoms with van der Waals surface area (Å²) in [7, 11) is 0.899. The number of carbonyl (C=O) groups is 2. The molecule has 2 N–H and O–H groups in total. The van der Waals surface area contributed by atoms with E-state index in [-0.39, 0.29) is 29.9 Å². The summed E-state index contributed by atoms with van der Waals surface area (Å²) >= 11 is 0. The van der Waals surface area contributed by atoms with E-state index < -0.39 is 52.4 Å². The predicted molar refractivity (Wildman–Crippen MR) is 168 cm³/mol. The average molecular weight is 670 g/mol. The molecular formula is C34H34F3N3O8. The van der Waals surface area contributed by atoms with Crippen LogP contribution in [-0.4, -0.2) is 67.3 Å². The van der Waals surface area contributed by atoms with Crippen LogP contribution in [0.3, 0.4) is 0 Å². The molecule has 1 aliphatic heterocycles. The number of halogens is 3. The van der Waals surface area contributed by atoms with Gasteiger partial charge in [-0.25, -0.2) is 4.79 Å². The topological polar surface area (TPSA) is 150 Å². The Morgan fingerprint density at radius 1 is 1.04 bits per heavy atom. The lowest BCUT2D eigenvalue weighted by Gasteiger charge is -2.32. The molecule has 4 rings (SSSR count). The maximum Gasteiger partial charge on any atom is 0.430 e. The van der Waals surface area contributed by atoms with Crippen LogP contribution < -0.4 is 10.1 Å². The van der Waals surface area contributed by atoms with E-state index in [1.54, 1.807) is 24.3 Å². The molecule has 11 nitrogen and oxygen atoms in total. The van der Waals surface area contributed by atoms with Gasteiger partial charge in [0.25, 0.3) is 5.69 Å². The number of esters is 2. The predicted octanol–water partition coefficient (Wildman–Crippen LogP) is 5.25. The number of allylic oxidation sites excluding steroid dienone is 1. The number of alkyl halides is 3. The second-order valence-electron chi connectivity index (χ2n) is 10.8. The first-order valence-electron chi connectivity index (χ1n) is 14.9. The Kier molecular flexibility index (Phi) is 12.0. The summed E-state index contributed by atoms with van der Waals surface area (Å²) in [5, 5.41) is 24.8. The largest absolute Gasteiger partial charge is 0.492 e. The monoisotopic (exact) mass is 669 g/mol. The molecule has 1 heterocycles. The molecule has 1 aliphatic rings. The lowest BCUT2D eigenvalue weighted by molar-refractivity contribution is -0.384. The van der Waals surface area contributed by atoms with E-state index >= 15 is 0 Å². The standard InChI is InChI=1S/C34H34F3N3O8/c1-21-28(29(24-9-6-10-25(19-24)40(44)45)30(32(42)46-2)31(39-21)34(35,36)37)33(43)48-17-15-22-11-13-26(14-12-22)47-18-16-38-20-27(41)23-7-4-3-5-8-23/h3-14,19,27,29-30,38,41H,15-18,20H2,1-2H3. The highest BCUT2D eigenvalue weighted by molar-refractivity contribution is 6.10. The van der Waals surface area contributed by atoms with E-state index in [0.717, 1.165) is 30.4 Å². The maximum atomic E-state index is 14.1. The van der Waals surface area contributed by atoms with E-state index in [4.69, 9.17) is 9.47 Å². The third-order valence-electron chi connectivity index (χ3n) is 7.64. The molecule has 3 aromatic carbocycles. The van der Waals surface area contributed by atoms with E-state index in [1.807, 2.05) is 30.3 Å². The van der Waals surface area contributed by atoms with Crippen LogP contribution in [0.15, 0.2) is 95.1 Å². The van der Waals surface area contributed by atoms with Gasteiger partial charge in [0.05, 0.1) is 30.3 Å². The molecule has 0 saturated carbocycles. The average Bonchev–Trinajstić information content (AvgIpc) is 3.07. The highest BCUT2D eigenvalue weighted by Gasteiger charge is 2.52. The molecule has 0 bridgehead atoms. The summed E-state index contributed by atoms with van der Waals surface area (Å²) in [4.78, 5) is 40.5. The molecule has 0 fully saturated rings. The van der Waals surface area contributed by atoms with Gasteiger partial charge in [0.2, 0.25) is 0 Å². The van der Waals surface area contributed by atoms with Crippen molar-refractivity contribution in [3.63, 3.8) is 0 Å². The number of aliphatic hydroxyl groups excluding tert-OH is 1. The van der Waals surface area contributed by atoms with Crippen molar-refractivity contribution in [2.75, 3.05) is 33.4 Å². The van der Waals surface area contributed by atoms with Crippen molar-refractivity contribution in [2.45, 2.75) is 31.5 Å². The van der Waals surface area contributed by atoms with Crippen molar-refractivity contribution in [2.24, 2.45) is 10.9 Å². The van der Waals surface area contributed by atoms with Crippen molar-refractivity contribution in [1.82, 2.24) is 5.32 Å². The number of nitro benzene ring substituents is 1. The van der Waals surface area contributed by atoms with Crippen LogP contribution in [0.25, 0.3) is 0 Å². The Morgan fingerprint density at radius 2 is 1.75 bits per heavy atom. The molecule has 3 atom stereocenters. The van der Waals surface area contributed by atoms with E-state index in [1.165, 1.54) is 19.1 Å². The lowest BCUT2D eigenvalue weighted by atomic mass is 9.75. The minimum absolute atomic E-state index is 0.0827. The molecule has 0 aromatic heterocycles. The van der Waals surface area contributed by atoms with Crippen LogP contribution in [0.2, 0.25) is 0 Å². The van der Waals surface area contributed by atoms with Crippen LogP contribution in [-0.2, 0) is 25.5 Å². The minimum atomic E-state index is -5.06. The Hall–Kier alpha value is -5.08. The summed E-state index contributed by atoms with van der Waals surface area (Å²) in [5.74, 6) is -5.47. The molecular weight excluding hydrogens is 635 g/mol. The van der Waals surface area contributed by atoms with E-state index in [0.29, 0.717) is 25.4 Å². The van der Waals surface area contributed by atoms with Crippen molar-refractivity contribution in [3.05, 3.63) is 117 Å². The summed E-state index contributed by atoms with van der Waals surface area (Å²) in [6.07, 6.45) is -5.45. The molecule has 254 valence electrons. The van der Waals surface area contributed by atoms with Gasteiger partial charge in [-0.05, 0) is 35.7 Å². The van der Waals surface area contributed by atoms with Gasteiger partial charge in [-0.15, -0.1) is 0 Å². The molecule has 3 aromatic rings. The second-order valence-corrected chi connectivity index (χ2v) is 10.8. The highest BCUT2D eigenvalue weighted by Crippen LogP contribution is 2.44. The normalized spacial score (nSPS) is 16.9. The molecule has 48 heavy (non-hydrogen) atoms. The smallest absolute Gasteiger partial charge is 0.430 e. The molecule has 3 unspecified atom stereocenters. The number of hydrogen-bond donors (Lipinski definition) is 2. The second kappa shape index (κ2) is 16.2. The van der Waals surface area contributed by atoms with Gasteiger partial charge in [0, 0.05) is 43.3 Å². The number of non-ortho nitro benzene ring substituents is 1. The Balaban J connectivity index is 1.40. The summed E-state index contributed by atoms with van der Waals surface area (Å²) in [6.45, 7) is 2.24. The zero-order chi connectivity index (χ0) is 34.8. The molecule has 0 saturated heterocycles. The van der Waals surface area contributed by atoms with Crippen LogP contribution in [0.4, 0.5) is 18.9 Å². The number of nitro groups is 1. The molecule has 0 radical (unpaired) electrons. The molecule has 0 spiro atoms. The molecule has 14 heteroatoms. The van der Waals surface area contributed by atoms with Crippen LogP contribution >= 0.6 is 0 Å². The zero-order valence-electron chi connectivity index (χ0n) is 26.1. The van der Waals surface area contributed by atoms with Gasteiger partial charge < -0.3 is 24.6 Å². The number of hydrogen-bond acceptors (Lipinski definition) is 10. The van der Waals surface area contributed by atoms with Gasteiger partial charge in [0.15, 0.2) is 0 Å². The van der Waals surface area contributed by atoms with Crippen LogP contribution in [0.1, 0.15) is 35.6 Å². The number of aliphatic hydroxyl groups is 1. The third kappa shape index (κ3) is 9.04. The minimum Gasteiger partial charge on any atom is -0.492 e. The fourth-order valence-corrected chi connectivity index (χ4v) is 5.30. The Morgan fingerprint density at radius 3 is 2.40 bits per heavy atom. The fourth-order valence-electron chi connectivity index (χ4n) is 5.30. The number of benzene rings is 3. The molecule has 0 aliphatic carbocycles. The molecule has 0 amide bonds. The number of carbonyl (C=O) groups excluding carboxylic acids is 2. The summed E-state index contributed by atoms with van der Waals surface area (Å²) < 4.78 is 58.1.